The van der Waals surface area contributed by atoms with Crippen LogP contribution in [0.3, 0.4) is 0 Å². The van der Waals surface area contributed by atoms with Gasteiger partial charge in [0.05, 0.1) is 0 Å². The Morgan fingerprint density at radius 3 is 2.59 bits per heavy atom. The summed E-state index contributed by atoms with van der Waals surface area (Å²) in [5, 5.41) is 13.2. The van der Waals surface area contributed by atoms with Crippen LogP contribution in [0.5, 0.6) is 0 Å². The molecule has 3 aromatic rings. The summed E-state index contributed by atoms with van der Waals surface area (Å²) in [5.74, 6) is -0.130. The number of carboxylic acid groups (broad SMARTS) is 1. The van der Waals surface area contributed by atoms with Crippen molar-refractivity contribution < 1.29 is 9.90 Å². The van der Waals surface area contributed by atoms with Gasteiger partial charge >= 0.3 is 5.97 Å². The quantitative estimate of drug-likeness (QED) is 0.588. The van der Waals surface area contributed by atoms with E-state index in [0.29, 0.717) is 30.7 Å². The highest BCUT2D eigenvalue weighted by Gasteiger charge is 2.45. The predicted molar refractivity (Wildman–Crippen MR) is 111 cm³/mol. The molecule has 1 fully saturated rings. The zero-order valence-electron chi connectivity index (χ0n) is 16.4. The van der Waals surface area contributed by atoms with Gasteiger partial charge < -0.3 is 15.0 Å². The van der Waals surface area contributed by atoms with Gasteiger partial charge in [-0.25, -0.2) is 4.98 Å². The van der Waals surface area contributed by atoms with Gasteiger partial charge in [-0.2, -0.15) is 4.98 Å². The minimum Gasteiger partial charge on any atom is -0.480 e. The van der Waals surface area contributed by atoms with Crippen molar-refractivity contribution in [3.05, 3.63) is 46.5 Å². The molecule has 4 rings (SSSR count). The Labute approximate surface area is 168 Å². The van der Waals surface area contributed by atoms with E-state index >= 15 is 0 Å². The minimum atomic E-state index is -1.06. The fourth-order valence-electron chi connectivity index (χ4n) is 4.26. The van der Waals surface area contributed by atoms with Crippen molar-refractivity contribution in [2.24, 2.45) is 0 Å². The van der Waals surface area contributed by atoms with Gasteiger partial charge in [-0.1, -0.05) is 44.4 Å². The maximum absolute atomic E-state index is 12.9. The number of aromatic amines is 1. The third kappa shape index (κ3) is 3.39. The number of hydrogen-bond donors (Lipinski definition) is 3. The van der Waals surface area contributed by atoms with Crippen LogP contribution < -0.4 is 10.9 Å². The normalized spacial score (nSPS) is 16.0. The van der Waals surface area contributed by atoms with E-state index in [0.717, 1.165) is 31.4 Å². The fourth-order valence-corrected chi connectivity index (χ4v) is 4.26. The molecule has 0 spiro atoms. The van der Waals surface area contributed by atoms with Gasteiger partial charge in [-0.3, -0.25) is 14.6 Å². The first-order chi connectivity index (χ1) is 14.0. The lowest BCUT2D eigenvalue weighted by atomic mass is 9.73. The summed E-state index contributed by atoms with van der Waals surface area (Å²) < 4.78 is 1.77. The SMILES string of the molecule is CCCn1c(C2(C(=O)O)CCCCC2)nc2nc(Nc3ccccc3)[nH]c(=O)c21. The number of carboxylic acids is 1. The Bertz CT molecular complexity index is 1080. The van der Waals surface area contributed by atoms with Gasteiger partial charge in [0.2, 0.25) is 5.95 Å². The Hall–Kier alpha value is -3.16. The standard InChI is InChI=1S/C21H25N5O3/c1-2-13-26-15-16(23-18(26)21(19(28)29)11-7-4-8-12-21)24-20(25-17(15)27)22-14-9-5-3-6-10-14/h3,5-6,9-10H,2,4,7-8,11-13H2,1H3,(H,28,29)(H2,22,24,25,27). The van der Waals surface area contributed by atoms with Crippen LogP contribution in [-0.4, -0.2) is 30.6 Å². The first-order valence-corrected chi connectivity index (χ1v) is 10.1. The van der Waals surface area contributed by atoms with Crippen LogP contribution >= 0.6 is 0 Å². The molecule has 0 atom stereocenters. The smallest absolute Gasteiger partial charge is 0.317 e. The lowest BCUT2D eigenvalue weighted by Gasteiger charge is -2.32. The largest absolute Gasteiger partial charge is 0.480 e. The molecule has 1 saturated carbocycles. The van der Waals surface area contributed by atoms with E-state index in [1.807, 2.05) is 37.3 Å². The second kappa shape index (κ2) is 7.69. The number of para-hydroxylation sites is 1. The molecule has 152 valence electrons. The Morgan fingerprint density at radius 1 is 1.21 bits per heavy atom. The van der Waals surface area contributed by atoms with Crippen molar-refractivity contribution in [3.8, 4) is 0 Å². The lowest BCUT2D eigenvalue weighted by Crippen LogP contribution is -2.40. The summed E-state index contributed by atoms with van der Waals surface area (Å²) in [6.45, 7) is 2.52. The Morgan fingerprint density at radius 2 is 1.93 bits per heavy atom. The van der Waals surface area contributed by atoms with E-state index in [-0.39, 0.29) is 17.2 Å². The topological polar surface area (TPSA) is 113 Å². The van der Waals surface area contributed by atoms with E-state index in [4.69, 9.17) is 0 Å². The number of fused-ring (bicyclic) bond motifs is 1. The molecule has 2 aromatic heterocycles. The Kier molecular flexibility index (Phi) is 5.08. The molecule has 8 nitrogen and oxygen atoms in total. The predicted octanol–water partition coefficient (Wildman–Crippen LogP) is 3.56. The number of aromatic nitrogens is 4. The van der Waals surface area contributed by atoms with Crippen molar-refractivity contribution in [3.63, 3.8) is 0 Å². The van der Waals surface area contributed by atoms with Crippen molar-refractivity contribution in [2.75, 3.05) is 5.32 Å². The number of nitrogens with one attached hydrogen (secondary N) is 2. The number of nitrogens with zero attached hydrogens (tertiary/aromatic N) is 3. The first kappa shape index (κ1) is 19.2. The van der Waals surface area contributed by atoms with Gasteiger partial charge in [0.1, 0.15) is 11.2 Å². The molecule has 0 radical (unpaired) electrons. The second-order valence-corrected chi connectivity index (χ2v) is 7.61. The van der Waals surface area contributed by atoms with Crippen LogP contribution in [0.15, 0.2) is 35.1 Å². The number of benzene rings is 1. The number of aryl methyl sites for hydroxylation is 1. The second-order valence-electron chi connectivity index (χ2n) is 7.61. The third-order valence-electron chi connectivity index (χ3n) is 5.64. The summed E-state index contributed by atoms with van der Waals surface area (Å²) in [4.78, 5) is 37.1. The lowest BCUT2D eigenvalue weighted by molar-refractivity contribution is -0.145. The van der Waals surface area contributed by atoms with E-state index in [2.05, 4.69) is 20.3 Å². The molecule has 1 aliphatic carbocycles. The number of rotatable bonds is 6. The maximum Gasteiger partial charge on any atom is 0.317 e. The fraction of sp³-hybridized carbons (Fsp3) is 0.429. The van der Waals surface area contributed by atoms with Crippen LogP contribution in [0.2, 0.25) is 0 Å². The molecule has 0 saturated heterocycles. The van der Waals surface area contributed by atoms with E-state index in [1.165, 1.54) is 0 Å². The number of carbonyl (C=O) groups is 1. The van der Waals surface area contributed by atoms with Crippen LogP contribution in [0.25, 0.3) is 11.2 Å². The highest BCUT2D eigenvalue weighted by Crippen LogP contribution is 2.40. The molecule has 29 heavy (non-hydrogen) atoms. The highest BCUT2D eigenvalue weighted by molar-refractivity contribution is 5.83. The van der Waals surface area contributed by atoms with Gasteiger partial charge in [-0.05, 0) is 31.4 Å². The zero-order chi connectivity index (χ0) is 20.4. The molecule has 1 aromatic carbocycles. The number of anilines is 2. The van der Waals surface area contributed by atoms with Crippen molar-refractivity contribution in [2.45, 2.75) is 57.4 Å². The van der Waals surface area contributed by atoms with Crippen LogP contribution in [0.1, 0.15) is 51.3 Å². The minimum absolute atomic E-state index is 0.279. The van der Waals surface area contributed by atoms with Gasteiger partial charge in [0.25, 0.3) is 5.56 Å². The zero-order valence-corrected chi connectivity index (χ0v) is 16.4. The average molecular weight is 395 g/mol. The van der Waals surface area contributed by atoms with Crippen molar-refractivity contribution in [1.29, 1.82) is 0 Å². The van der Waals surface area contributed by atoms with Gasteiger partial charge in [0.15, 0.2) is 11.2 Å². The molecule has 2 heterocycles. The third-order valence-corrected chi connectivity index (χ3v) is 5.64. The average Bonchev–Trinajstić information content (AvgIpc) is 3.09. The summed E-state index contributed by atoms with van der Waals surface area (Å²) in [6.07, 6.45) is 4.52. The molecule has 0 unspecified atom stereocenters. The van der Waals surface area contributed by atoms with E-state index in [1.54, 1.807) is 4.57 Å². The molecular formula is C21H25N5O3. The van der Waals surface area contributed by atoms with Crippen molar-refractivity contribution >= 4 is 28.8 Å². The first-order valence-electron chi connectivity index (χ1n) is 10.1. The summed E-state index contributed by atoms with van der Waals surface area (Å²) in [6, 6.07) is 9.40. The summed E-state index contributed by atoms with van der Waals surface area (Å²) >= 11 is 0. The molecule has 3 N–H and O–H groups in total. The summed E-state index contributed by atoms with van der Waals surface area (Å²) in [5.41, 5.74) is 0.0242. The monoisotopic (exact) mass is 395 g/mol. The molecule has 8 heteroatoms. The van der Waals surface area contributed by atoms with Crippen molar-refractivity contribution in [1.82, 2.24) is 19.5 Å². The molecule has 1 aliphatic rings. The Balaban J connectivity index is 1.87. The molecular weight excluding hydrogens is 370 g/mol. The summed E-state index contributed by atoms with van der Waals surface area (Å²) in [7, 11) is 0. The number of H-pyrrole nitrogens is 1. The molecule has 0 amide bonds. The van der Waals surface area contributed by atoms with E-state index < -0.39 is 11.4 Å². The maximum atomic E-state index is 12.9. The highest BCUT2D eigenvalue weighted by atomic mass is 16.4. The van der Waals surface area contributed by atoms with Crippen LogP contribution in [0.4, 0.5) is 11.6 Å². The number of imidazole rings is 1. The van der Waals surface area contributed by atoms with Crippen LogP contribution in [-0.2, 0) is 16.8 Å². The number of hydrogen-bond acceptors (Lipinski definition) is 5. The van der Waals surface area contributed by atoms with E-state index in [9.17, 15) is 14.7 Å². The van der Waals surface area contributed by atoms with Gasteiger partial charge in [-0.15, -0.1) is 0 Å². The number of aliphatic carboxylic acids is 1. The molecule has 0 aliphatic heterocycles. The van der Waals surface area contributed by atoms with Gasteiger partial charge in [0, 0.05) is 12.2 Å². The molecule has 0 bridgehead atoms. The van der Waals surface area contributed by atoms with Crippen LogP contribution in [0, 0.1) is 0 Å².